The predicted octanol–water partition coefficient (Wildman–Crippen LogP) is 2.48. The van der Waals surface area contributed by atoms with Gasteiger partial charge in [0, 0.05) is 17.0 Å². The molecule has 0 atom stereocenters. The Morgan fingerprint density at radius 1 is 1.60 bits per heavy atom. The first-order valence-electron chi connectivity index (χ1n) is 2.79. The molecular formula is C6H5IN2S. The highest BCUT2D eigenvalue weighted by molar-refractivity contribution is 14.1. The molecule has 0 spiro atoms. The molecule has 0 amide bonds. The molecule has 2 heterocycles. The molecule has 2 N–H and O–H groups in total. The molecule has 0 unspecified atom stereocenters. The van der Waals surface area contributed by atoms with Gasteiger partial charge in [0.05, 0.1) is 28.6 Å². The largest absolute Gasteiger partial charge is 0.398 e. The highest BCUT2D eigenvalue weighted by Gasteiger charge is 2.02. The van der Waals surface area contributed by atoms with E-state index in [0.717, 1.165) is 5.69 Å². The van der Waals surface area contributed by atoms with E-state index >= 15 is 0 Å². The van der Waals surface area contributed by atoms with Crippen LogP contribution in [-0.4, -0.2) is 2.78 Å². The molecule has 2 aromatic heterocycles. The van der Waals surface area contributed by atoms with Gasteiger partial charge in [0.15, 0.2) is 0 Å². The lowest BCUT2D eigenvalue weighted by atomic mass is 10.4. The maximum Gasteiger partial charge on any atom is 0.113 e. The molecule has 0 radical (unpaired) electrons. The molecular weight excluding hydrogens is 259 g/mol. The summed E-state index contributed by atoms with van der Waals surface area (Å²) in [6.07, 6.45) is 2.01. The number of hydrogen-bond donors (Lipinski definition) is 1. The molecule has 0 aliphatic carbocycles. The Morgan fingerprint density at radius 2 is 2.40 bits per heavy atom. The lowest BCUT2D eigenvalue weighted by molar-refractivity contribution is 1.45. The number of fused-ring (bicyclic) bond motifs is 1. The van der Waals surface area contributed by atoms with Crippen LogP contribution in [0.4, 0.5) is 5.69 Å². The van der Waals surface area contributed by atoms with Crippen molar-refractivity contribution in [1.29, 1.82) is 0 Å². The van der Waals surface area contributed by atoms with Crippen LogP contribution in [0, 0.1) is 0 Å². The molecule has 2 aromatic rings. The zero-order chi connectivity index (χ0) is 7.14. The van der Waals surface area contributed by atoms with Crippen molar-refractivity contribution < 1.29 is 0 Å². The van der Waals surface area contributed by atoms with Crippen LogP contribution in [0.2, 0.25) is 0 Å². The fraction of sp³-hybridized carbons (Fsp3) is 0. The molecule has 2 rings (SSSR count). The third-order valence-corrected chi connectivity index (χ3v) is 3.55. The van der Waals surface area contributed by atoms with Gasteiger partial charge in [0.25, 0.3) is 0 Å². The maximum atomic E-state index is 5.68. The zero-order valence-electron chi connectivity index (χ0n) is 5.04. The van der Waals surface area contributed by atoms with Gasteiger partial charge in [-0.3, -0.25) is 2.78 Å². The van der Waals surface area contributed by atoms with Crippen LogP contribution in [0.3, 0.4) is 0 Å². The maximum absolute atomic E-state index is 5.68. The second kappa shape index (κ2) is 2.13. The highest BCUT2D eigenvalue weighted by Crippen LogP contribution is 2.29. The highest BCUT2D eigenvalue weighted by atomic mass is 127. The topological polar surface area (TPSA) is 30.9 Å². The van der Waals surface area contributed by atoms with E-state index in [1.807, 2.05) is 20.4 Å². The first-order valence-corrected chi connectivity index (χ1v) is 4.63. The standard InChI is InChI=1S/C6H5IN2S/c7-9-2-1-4-5(8)3-10-6(4)9/h1-3H,8H2. The summed E-state index contributed by atoms with van der Waals surface area (Å²) in [6.45, 7) is 0. The summed E-state index contributed by atoms with van der Waals surface area (Å²) >= 11 is 3.92. The average molecular weight is 264 g/mol. The number of nitrogen functional groups attached to an aromatic ring is 1. The number of halogens is 1. The summed E-state index contributed by atoms with van der Waals surface area (Å²) in [5.74, 6) is 0. The molecule has 4 heteroatoms. The number of nitrogens with two attached hydrogens (primary N) is 1. The minimum absolute atomic E-state index is 0.885. The summed E-state index contributed by atoms with van der Waals surface area (Å²) < 4.78 is 2.05. The fourth-order valence-corrected chi connectivity index (χ4v) is 2.51. The van der Waals surface area contributed by atoms with Crippen LogP contribution in [0.15, 0.2) is 17.6 Å². The Labute approximate surface area is 76.1 Å². The third-order valence-electron chi connectivity index (χ3n) is 1.41. The lowest BCUT2D eigenvalue weighted by Gasteiger charge is -1.82. The Balaban J connectivity index is 2.95. The Morgan fingerprint density at radius 3 is 3.10 bits per heavy atom. The Kier molecular flexibility index (Phi) is 1.38. The number of rotatable bonds is 0. The van der Waals surface area contributed by atoms with Crippen LogP contribution in [0.5, 0.6) is 0 Å². The van der Waals surface area contributed by atoms with Gasteiger partial charge in [0.2, 0.25) is 0 Å². The van der Waals surface area contributed by atoms with Crippen molar-refractivity contribution in [2.24, 2.45) is 0 Å². The molecule has 2 nitrogen and oxygen atoms in total. The summed E-state index contributed by atoms with van der Waals surface area (Å²) in [5, 5.41) is 3.14. The minimum Gasteiger partial charge on any atom is -0.398 e. The summed E-state index contributed by atoms with van der Waals surface area (Å²) in [6, 6.07) is 2.04. The van der Waals surface area contributed by atoms with E-state index in [9.17, 15) is 0 Å². The molecule has 0 saturated carbocycles. The summed E-state index contributed by atoms with van der Waals surface area (Å²) in [5.41, 5.74) is 6.57. The summed E-state index contributed by atoms with van der Waals surface area (Å²) in [4.78, 5) is 1.23. The van der Waals surface area contributed by atoms with Gasteiger partial charge in [-0.15, -0.1) is 11.3 Å². The van der Waals surface area contributed by atoms with Gasteiger partial charge in [-0.2, -0.15) is 0 Å². The van der Waals surface area contributed by atoms with Crippen molar-refractivity contribution in [3.8, 4) is 0 Å². The van der Waals surface area contributed by atoms with Gasteiger partial charge in [-0.1, -0.05) is 0 Å². The van der Waals surface area contributed by atoms with Gasteiger partial charge in [-0.25, -0.2) is 0 Å². The second-order valence-electron chi connectivity index (χ2n) is 2.04. The lowest BCUT2D eigenvalue weighted by Crippen LogP contribution is -1.77. The van der Waals surface area contributed by atoms with Gasteiger partial charge in [-0.05, 0) is 6.07 Å². The van der Waals surface area contributed by atoms with Crippen molar-refractivity contribution in [2.75, 3.05) is 5.73 Å². The van der Waals surface area contributed by atoms with Gasteiger partial charge < -0.3 is 5.73 Å². The van der Waals surface area contributed by atoms with Crippen molar-refractivity contribution in [3.05, 3.63) is 17.6 Å². The smallest absolute Gasteiger partial charge is 0.113 e. The van der Waals surface area contributed by atoms with E-state index in [4.69, 9.17) is 5.73 Å². The first kappa shape index (κ1) is 6.48. The van der Waals surface area contributed by atoms with E-state index < -0.39 is 0 Å². The quantitative estimate of drug-likeness (QED) is 0.728. The molecule has 0 aromatic carbocycles. The normalized spacial score (nSPS) is 10.9. The van der Waals surface area contributed by atoms with Crippen LogP contribution < -0.4 is 5.73 Å². The molecule has 0 saturated heterocycles. The van der Waals surface area contributed by atoms with Gasteiger partial charge in [0.1, 0.15) is 4.83 Å². The molecule has 10 heavy (non-hydrogen) atoms. The monoisotopic (exact) mass is 264 g/mol. The third kappa shape index (κ3) is 0.751. The SMILES string of the molecule is Nc1csc2c1ccn2I. The zero-order valence-corrected chi connectivity index (χ0v) is 8.02. The van der Waals surface area contributed by atoms with E-state index in [2.05, 4.69) is 22.9 Å². The van der Waals surface area contributed by atoms with E-state index in [-0.39, 0.29) is 0 Å². The molecule has 0 bridgehead atoms. The molecule has 0 aliphatic heterocycles. The number of anilines is 1. The van der Waals surface area contributed by atoms with Gasteiger partial charge >= 0.3 is 0 Å². The first-order chi connectivity index (χ1) is 4.79. The Hall–Kier alpha value is -0.230. The Bertz CT molecular complexity index is 327. The van der Waals surface area contributed by atoms with Crippen LogP contribution in [0.25, 0.3) is 10.2 Å². The molecule has 0 aliphatic rings. The van der Waals surface area contributed by atoms with Crippen LogP contribution in [-0.2, 0) is 0 Å². The second-order valence-corrected chi connectivity index (χ2v) is 3.93. The number of thiophene rings is 1. The predicted molar refractivity (Wildman–Crippen MR) is 53.6 cm³/mol. The minimum atomic E-state index is 0.885. The van der Waals surface area contributed by atoms with Crippen LogP contribution >= 0.6 is 34.2 Å². The summed E-state index contributed by atoms with van der Waals surface area (Å²) in [7, 11) is 0. The number of nitrogens with zero attached hydrogens (tertiary/aromatic N) is 1. The molecule has 0 fully saturated rings. The van der Waals surface area contributed by atoms with Crippen molar-refractivity contribution >= 4 is 50.1 Å². The van der Waals surface area contributed by atoms with E-state index in [1.54, 1.807) is 11.3 Å². The average Bonchev–Trinajstić information content (AvgIpc) is 2.41. The van der Waals surface area contributed by atoms with Crippen molar-refractivity contribution in [1.82, 2.24) is 2.78 Å². The van der Waals surface area contributed by atoms with Crippen LogP contribution in [0.1, 0.15) is 0 Å². The molecule has 52 valence electrons. The number of aromatic nitrogens is 1. The van der Waals surface area contributed by atoms with E-state index in [0.29, 0.717) is 0 Å². The van der Waals surface area contributed by atoms with Crippen molar-refractivity contribution in [2.45, 2.75) is 0 Å². The van der Waals surface area contributed by atoms with Crippen molar-refractivity contribution in [3.63, 3.8) is 0 Å². The fourth-order valence-electron chi connectivity index (χ4n) is 0.910. The van der Waals surface area contributed by atoms with E-state index in [1.165, 1.54) is 10.2 Å². The number of hydrogen-bond acceptors (Lipinski definition) is 2.